The lowest BCUT2D eigenvalue weighted by molar-refractivity contribution is -0.144. The molecule has 17 heavy (non-hydrogen) atoms. The van der Waals surface area contributed by atoms with Crippen molar-refractivity contribution in [3.05, 3.63) is 0 Å². The number of carboxylic acids is 1. The first kappa shape index (κ1) is 12.2. The second-order valence-electron chi connectivity index (χ2n) is 5.73. The minimum absolute atomic E-state index is 0.0686. The minimum atomic E-state index is -0.971. The van der Waals surface area contributed by atoms with Crippen molar-refractivity contribution in [3.8, 4) is 0 Å². The first-order valence-corrected chi connectivity index (χ1v) is 5.72. The van der Waals surface area contributed by atoms with Crippen molar-refractivity contribution in [1.82, 2.24) is 10.2 Å². The van der Waals surface area contributed by atoms with Gasteiger partial charge in [-0.15, -0.1) is 0 Å². The Labute approximate surface area is 99.9 Å². The van der Waals surface area contributed by atoms with Gasteiger partial charge in [-0.25, -0.2) is 4.79 Å². The summed E-state index contributed by atoms with van der Waals surface area (Å²) in [5.41, 5.74) is -1.52. The summed E-state index contributed by atoms with van der Waals surface area (Å²) in [7, 11) is 0. The van der Waals surface area contributed by atoms with E-state index in [1.165, 1.54) is 4.90 Å². The maximum absolute atomic E-state index is 11.9. The molecule has 2 saturated heterocycles. The van der Waals surface area contributed by atoms with Crippen LogP contribution in [0.4, 0.5) is 4.79 Å². The highest BCUT2D eigenvalue weighted by Gasteiger charge is 2.56. The van der Waals surface area contributed by atoms with Gasteiger partial charge in [-0.2, -0.15) is 0 Å². The zero-order valence-electron chi connectivity index (χ0n) is 10.3. The Hall–Kier alpha value is -1.30. The average Bonchev–Trinajstić information content (AvgIpc) is 2.72. The number of carbonyl (C=O) groups is 2. The number of nitrogens with zero attached hydrogens (tertiary/aromatic N) is 1. The number of likely N-dealkylation sites (tertiary alicyclic amines) is 1. The third kappa shape index (κ3) is 2.09. The number of amides is 1. The number of rotatable bonds is 1. The molecule has 2 atom stereocenters. The van der Waals surface area contributed by atoms with Crippen LogP contribution in [0.25, 0.3) is 0 Å². The van der Waals surface area contributed by atoms with Crippen LogP contribution >= 0.6 is 0 Å². The summed E-state index contributed by atoms with van der Waals surface area (Å²) >= 11 is 0. The molecule has 96 valence electrons. The lowest BCUT2D eigenvalue weighted by Gasteiger charge is -2.32. The second-order valence-corrected chi connectivity index (χ2v) is 5.73. The van der Waals surface area contributed by atoms with E-state index in [4.69, 9.17) is 4.74 Å². The monoisotopic (exact) mass is 242 g/mol. The van der Waals surface area contributed by atoms with E-state index in [1.54, 1.807) is 20.8 Å². The molecular weight excluding hydrogens is 224 g/mol. The Morgan fingerprint density at radius 2 is 2.12 bits per heavy atom. The van der Waals surface area contributed by atoms with Crippen molar-refractivity contribution in [2.45, 2.75) is 44.4 Å². The van der Waals surface area contributed by atoms with Crippen molar-refractivity contribution < 1.29 is 19.4 Å². The van der Waals surface area contributed by atoms with Gasteiger partial charge in [-0.05, 0) is 27.2 Å². The molecule has 2 heterocycles. The van der Waals surface area contributed by atoms with Crippen LogP contribution in [0.2, 0.25) is 0 Å². The highest BCUT2D eigenvalue weighted by molar-refractivity contribution is 5.83. The van der Waals surface area contributed by atoms with E-state index in [0.29, 0.717) is 13.0 Å². The summed E-state index contributed by atoms with van der Waals surface area (Å²) < 4.78 is 5.27. The van der Waals surface area contributed by atoms with E-state index >= 15 is 0 Å². The minimum Gasteiger partial charge on any atom is -0.480 e. The van der Waals surface area contributed by atoms with E-state index < -0.39 is 23.2 Å². The Morgan fingerprint density at radius 1 is 1.47 bits per heavy atom. The Kier molecular flexibility index (Phi) is 2.57. The average molecular weight is 242 g/mol. The molecular formula is C11H18N2O4. The molecule has 0 aromatic rings. The summed E-state index contributed by atoms with van der Waals surface area (Å²) in [6.45, 7) is 6.09. The molecule has 2 N–H and O–H groups in total. The predicted octanol–water partition coefficient (Wildman–Crippen LogP) is 0.422. The van der Waals surface area contributed by atoms with E-state index in [9.17, 15) is 14.7 Å². The molecule has 0 aliphatic carbocycles. The Bertz CT molecular complexity index is 363. The van der Waals surface area contributed by atoms with E-state index in [-0.39, 0.29) is 12.6 Å². The van der Waals surface area contributed by atoms with Crippen LogP contribution < -0.4 is 5.32 Å². The van der Waals surface area contributed by atoms with Crippen LogP contribution in [0.5, 0.6) is 0 Å². The van der Waals surface area contributed by atoms with Crippen LogP contribution in [0, 0.1) is 0 Å². The molecule has 1 amide bonds. The van der Waals surface area contributed by atoms with Gasteiger partial charge in [0.1, 0.15) is 11.1 Å². The molecule has 0 spiro atoms. The number of fused-ring (bicyclic) bond motifs is 2. The number of carboxylic acid groups (broad SMARTS) is 1. The fourth-order valence-corrected chi connectivity index (χ4v) is 2.39. The molecule has 2 aliphatic heterocycles. The zero-order chi connectivity index (χ0) is 12.8. The molecule has 2 fully saturated rings. The molecule has 2 aliphatic rings. The van der Waals surface area contributed by atoms with Gasteiger partial charge in [-0.1, -0.05) is 0 Å². The first-order chi connectivity index (χ1) is 7.73. The molecule has 0 radical (unpaired) electrons. The van der Waals surface area contributed by atoms with E-state index in [2.05, 4.69) is 5.32 Å². The molecule has 6 nitrogen and oxygen atoms in total. The molecule has 0 aromatic heterocycles. The highest BCUT2D eigenvalue weighted by Crippen LogP contribution is 2.33. The molecule has 2 bridgehead atoms. The normalized spacial score (nSPS) is 31.7. The summed E-state index contributed by atoms with van der Waals surface area (Å²) in [6.07, 6.45) is 0.0359. The molecule has 2 unspecified atom stereocenters. The number of ether oxygens (including phenoxy) is 1. The maximum Gasteiger partial charge on any atom is 0.410 e. The van der Waals surface area contributed by atoms with E-state index in [0.717, 1.165) is 0 Å². The van der Waals surface area contributed by atoms with Gasteiger partial charge >= 0.3 is 12.1 Å². The Morgan fingerprint density at radius 3 is 2.59 bits per heavy atom. The second kappa shape index (κ2) is 3.60. The van der Waals surface area contributed by atoms with Crippen LogP contribution in [-0.4, -0.2) is 52.3 Å². The van der Waals surface area contributed by atoms with Crippen LogP contribution in [0.3, 0.4) is 0 Å². The van der Waals surface area contributed by atoms with Crippen molar-refractivity contribution in [3.63, 3.8) is 0 Å². The lowest BCUT2D eigenvalue weighted by atomic mass is 10.0. The number of piperazine rings is 1. The quantitative estimate of drug-likeness (QED) is 0.696. The predicted molar refractivity (Wildman–Crippen MR) is 59.7 cm³/mol. The number of carbonyl (C=O) groups excluding carboxylic acids is 1. The van der Waals surface area contributed by atoms with Crippen molar-refractivity contribution in [2.24, 2.45) is 0 Å². The van der Waals surface area contributed by atoms with Gasteiger partial charge < -0.3 is 14.7 Å². The number of hydrogen-bond donors (Lipinski definition) is 2. The standard InChI is InChI=1S/C11H18N2O4/c1-10(2,3)17-9(16)13-6-11(8(14)15)4-7(13)5-12-11/h7,12H,4-6H2,1-3H3,(H,14,15). The van der Waals surface area contributed by atoms with E-state index in [1.807, 2.05) is 0 Å². The zero-order valence-corrected chi connectivity index (χ0v) is 10.3. The smallest absolute Gasteiger partial charge is 0.410 e. The first-order valence-electron chi connectivity index (χ1n) is 5.72. The third-order valence-corrected chi connectivity index (χ3v) is 3.18. The number of nitrogens with one attached hydrogen (secondary N) is 1. The Balaban J connectivity index is 2.07. The van der Waals surface area contributed by atoms with Gasteiger partial charge in [0.05, 0.1) is 12.6 Å². The van der Waals surface area contributed by atoms with Crippen molar-refractivity contribution >= 4 is 12.1 Å². The fraction of sp³-hybridized carbons (Fsp3) is 0.818. The third-order valence-electron chi connectivity index (χ3n) is 3.18. The van der Waals surface area contributed by atoms with Gasteiger partial charge in [0, 0.05) is 6.54 Å². The van der Waals surface area contributed by atoms with Crippen molar-refractivity contribution in [1.29, 1.82) is 0 Å². The lowest BCUT2D eigenvalue weighted by Crippen LogP contribution is -2.57. The van der Waals surface area contributed by atoms with Gasteiger partial charge in [-0.3, -0.25) is 10.1 Å². The van der Waals surface area contributed by atoms with Crippen LogP contribution in [-0.2, 0) is 9.53 Å². The van der Waals surface area contributed by atoms with Gasteiger partial charge in [0.15, 0.2) is 0 Å². The van der Waals surface area contributed by atoms with Gasteiger partial charge in [0.25, 0.3) is 0 Å². The molecule has 2 rings (SSSR count). The SMILES string of the molecule is CC(C)(C)OC(=O)N1CC2(C(=O)O)CC1CN2. The van der Waals surface area contributed by atoms with Crippen molar-refractivity contribution in [2.75, 3.05) is 13.1 Å². The topological polar surface area (TPSA) is 78.9 Å². The maximum atomic E-state index is 11.9. The largest absolute Gasteiger partial charge is 0.480 e. The number of aliphatic carboxylic acids is 1. The fourth-order valence-electron chi connectivity index (χ4n) is 2.39. The summed E-state index contributed by atoms with van der Waals surface area (Å²) in [5, 5.41) is 12.1. The van der Waals surface area contributed by atoms with Gasteiger partial charge in [0.2, 0.25) is 0 Å². The van der Waals surface area contributed by atoms with Crippen LogP contribution in [0.1, 0.15) is 27.2 Å². The highest BCUT2D eigenvalue weighted by atomic mass is 16.6. The molecule has 0 aromatic carbocycles. The summed E-state index contributed by atoms with van der Waals surface area (Å²) in [5.74, 6) is -0.897. The summed E-state index contributed by atoms with van der Waals surface area (Å²) in [4.78, 5) is 24.6. The molecule has 6 heteroatoms. The molecule has 0 saturated carbocycles. The van der Waals surface area contributed by atoms with Crippen LogP contribution in [0.15, 0.2) is 0 Å². The summed E-state index contributed by atoms with van der Waals surface area (Å²) in [6, 6.07) is -0.0686. The number of hydrogen-bond acceptors (Lipinski definition) is 4.